The van der Waals surface area contributed by atoms with Gasteiger partial charge in [-0.1, -0.05) is 0 Å². The standard InChI is InChI=1S/C12H15NO4/c1-8-6-11(13(15)16)4-5-12(8)17-10(3)7-9(2)14/h4-6,10H,7H2,1-3H3. The van der Waals surface area contributed by atoms with E-state index >= 15 is 0 Å². The van der Waals surface area contributed by atoms with E-state index in [2.05, 4.69) is 0 Å². The SMILES string of the molecule is CC(=O)CC(C)Oc1ccc([N+](=O)[O-])cc1C. The van der Waals surface area contributed by atoms with Crippen LogP contribution in [-0.4, -0.2) is 16.8 Å². The van der Waals surface area contributed by atoms with Gasteiger partial charge in [0.15, 0.2) is 0 Å². The molecule has 92 valence electrons. The van der Waals surface area contributed by atoms with Crippen molar-refractivity contribution in [3.8, 4) is 5.75 Å². The molecule has 1 aromatic carbocycles. The number of non-ortho nitro benzene ring substituents is 1. The first-order valence-electron chi connectivity index (χ1n) is 5.31. The molecule has 1 atom stereocenters. The molecular formula is C12H15NO4. The molecule has 5 heteroatoms. The van der Waals surface area contributed by atoms with E-state index in [1.54, 1.807) is 19.9 Å². The van der Waals surface area contributed by atoms with Crippen LogP contribution in [0.5, 0.6) is 5.75 Å². The summed E-state index contributed by atoms with van der Waals surface area (Å²) in [6.07, 6.45) is 0.101. The summed E-state index contributed by atoms with van der Waals surface area (Å²) < 4.78 is 5.55. The number of nitro groups is 1. The van der Waals surface area contributed by atoms with Gasteiger partial charge in [-0.15, -0.1) is 0 Å². The van der Waals surface area contributed by atoms with E-state index in [1.807, 2.05) is 0 Å². The van der Waals surface area contributed by atoms with Gasteiger partial charge < -0.3 is 4.74 Å². The summed E-state index contributed by atoms with van der Waals surface area (Å²) in [5, 5.41) is 10.6. The average molecular weight is 237 g/mol. The smallest absolute Gasteiger partial charge is 0.269 e. The number of nitro benzene ring substituents is 1. The van der Waals surface area contributed by atoms with Crippen LogP contribution in [0, 0.1) is 17.0 Å². The average Bonchev–Trinajstić information content (AvgIpc) is 2.19. The van der Waals surface area contributed by atoms with Crippen molar-refractivity contribution in [1.29, 1.82) is 0 Å². The van der Waals surface area contributed by atoms with E-state index in [0.717, 1.165) is 0 Å². The minimum atomic E-state index is -0.449. The van der Waals surface area contributed by atoms with E-state index in [0.29, 0.717) is 17.7 Å². The Morgan fingerprint density at radius 3 is 2.65 bits per heavy atom. The van der Waals surface area contributed by atoms with Crippen LogP contribution in [0.2, 0.25) is 0 Å². The molecule has 0 amide bonds. The van der Waals surface area contributed by atoms with Crippen LogP contribution in [0.4, 0.5) is 5.69 Å². The molecule has 0 saturated heterocycles. The molecule has 5 nitrogen and oxygen atoms in total. The van der Waals surface area contributed by atoms with Crippen molar-refractivity contribution in [2.24, 2.45) is 0 Å². The molecule has 1 aromatic rings. The third kappa shape index (κ3) is 3.86. The largest absolute Gasteiger partial charge is 0.490 e. The summed E-state index contributed by atoms with van der Waals surface area (Å²) in [4.78, 5) is 21.0. The van der Waals surface area contributed by atoms with Crippen molar-refractivity contribution in [3.05, 3.63) is 33.9 Å². The first kappa shape index (κ1) is 13.2. The van der Waals surface area contributed by atoms with E-state index < -0.39 is 4.92 Å². The van der Waals surface area contributed by atoms with Gasteiger partial charge in [-0.3, -0.25) is 14.9 Å². The lowest BCUT2D eigenvalue weighted by Gasteiger charge is -2.14. The second kappa shape index (κ2) is 5.43. The molecular weight excluding hydrogens is 222 g/mol. The lowest BCUT2D eigenvalue weighted by atomic mass is 10.2. The summed E-state index contributed by atoms with van der Waals surface area (Å²) in [5.41, 5.74) is 0.726. The van der Waals surface area contributed by atoms with E-state index in [4.69, 9.17) is 4.74 Å². The van der Waals surface area contributed by atoms with Gasteiger partial charge in [-0.2, -0.15) is 0 Å². The lowest BCUT2D eigenvalue weighted by molar-refractivity contribution is -0.384. The molecule has 0 bridgehead atoms. The number of benzene rings is 1. The summed E-state index contributed by atoms with van der Waals surface area (Å²) in [5.74, 6) is 0.626. The molecule has 0 heterocycles. The number of carbonyl (C=O) groups is 1. The Bertz CT molecular complexity index is 442. The van der Waals surface area contributed by atoms with Crippen LogP contribution in [0.3, 0.4) is 0 Å². The molecule has 0 spiro atoms. The van der Waals surface area contributed by atoms with E-state index in [-0.39, 0.29) is 17.6 Å². The molecule has 0 aromatic heterocycles. The number of nitrogens with zero attached hydrogens (tertiary/aromatic N) is 1. The normalized spacial score (nSPS) is 11.9. The van der Waals surface area contributed by atoms with Gasteiger partial charge >= 0.3 is 0 Å². The van der Waals surface area contributed by atoms with Gasteiger partial charge in [-0.25, -0.2) is 0 Å². The van der Waals surface area contributed by atoms with E-state index in [9.17, 15) is 14.9 Å². The molecule has 0 aliphatic rings. The highest BCUT2D eigenvalue weighted by atomic mass is 16.6. The van der Waals surface area contributed by atoms with E-state index in [1.165, 1.54) is 19.1 Å². The summed E-state index contributed by atoms with van der Waals surface area (Å²) >= 11 is 0. The molecule has 0 saturated carbocycles. The maximum atomic E-state index is 10.9. The highest BCUT2D eigenvalue weighted by molar-refractivity contribution is 5.75. The number of hydrogen-bond donors (Lipinski definition) is 0. The Morgan fingerprint density at radius 1 is 1.53 bits per heavy atom. The number of carbonyl (C=O) groups excluding carboxylic acids is 1. The zero-order valence-electron chi connectivity index (χ0n) is 10.1. The van der Waals surface area contributed by atoms with Crippen LogP contribution >= 0.6 is 0 Å². The first-order chi connectivity index (χ1) is 7.90. The highest BCUT2D eigenvalue weighted by Gasteiger charge is 2.12. The molecule has 0 N–H and O–H groups in total. The number of ether oxygens (including phenoxy) is 1. The first-order valence-corrected chi connectivity index (χ1v) is 5.31. The Balaban J connectivity index is 2.79. The van der Waals surface area contributed by atoms with Gasteiger partial charge in [0, 0.05) is 18.6 Å². The third-order valence-electron chi connectivity index (χ3n) is 2.27. The van der Waals surface area contributed by atoms with Crippen LogP contribution in [0.15, 0.2) is 18.2 Å². The number of Topliss-reactive ketones (excluding diaryl/α,β-unsaturated/α-hetero) is 1. The Labute approximate surface area is 99.5 Å². The zero-order chi connectivity index (χ0) is 13.0. The topological polar surface area (TPSA) is 69.4 Å². The molecule has 0 fully saturated rings. The van der Waals surface area contributed by atoms with Gasteiger partial charge in [0.2, 0.25) is 0 Å². The number of hydrogen-bond acceptors (Lipinski definition) is 4. The summed E-state index contributed by atoms with van der Waals surface area (Å²) in [7, 11) is 0. The minimum Gasteiger partial charge on any atom is -0.490 e. The fourth-order valence-electron chi connectivity index (χ4n) is 1.54. The third-order valence-corrected chi connectivity index (χ3v) is 2.27. The van der Waals surface area contributed by atoms with Crippen LogP contribution < -0.4 is 4.74 Å². The molecule has 0 aliphatic heterocycles. The van der Waals surface area contributed by atoms with Gasteiger partial charge in [0.05, 0.1) is 4.92 Å². The Morgan fingerprint density at radius 2 is 2.18 bits per heavy atom. The molecule has 17 heavy (non-hydrogen) atoms. The highest BCUT2D eigenvalue weighted by Crippen LogP contribution is 2.24. The van der Waals surface area contributed by atoms with Crippen molar-refractivity contribution >= 4 is 11.5 Å². The molecule has 0 radical (unpaired) electrons. The van der Waals surface area contributed by atoms with Gasteiger partial charge in [0.1, 0.15) is 17.6 Å². The second-order valence-electron chi connectivity index (χ2n) is 4.04. The van der Waals surface area contributed by atoms with Crippen molar-refractivity contribution in [2.75, 3.05) is 0 Å². The predicted molar refractivity (Wildman–Crippen MR) is 63.2 cm³/mol. The van der Waals surface area contributed by atoms with Gasteiger partial charge in [-0.05, 0) is 32.4 Å². The minimum absolute atomic E-state index is 0.0362. The summed E-state index contributed by atoms with van der Waals surface area (Å²) in [6, 6.07) is 4.41. The summed E-state index contributed by atoms with van der Waals surface area (Å²) in [6.45, 7) is 5.04. The molecule has 1 unspecified atom stereocenters. The fraction of sp³-hybridized carbons (Fsp3) is 0.417. The van der Waals surface area contributed by atoms with Crippen LogP contribution in [-0.2, 0) is 4.79 Å². The molecule has 1 rings (SSSR count). The second-order valence-corrected chi connectivity index (χ2v) is 4.04. The van der Waals surface area contributed by atoms with Crippen LogP contribution in [0.1, 0.15) is 25.8 Å². The van der Waals surface area contributed by atoms with Crippen molar-refractivity contribution in [1.82, 2.24) is 0 Å². The zero-order valence-corrected chi connectivity index (χ0v) is 10.1. The van der Waals surface area contributed by atoms with Crippen molar-refractivity contribution in [3.63, 3.8) is 0 Å². The predicted octanol–water partition coefficient (Wildman–Crippen LogP) is 2.65. The number of aryl methyl sites for hydroxylation is 1. The molecule has 0 aliphatic carbocycles. The number of rotatable bonds is 5. The van der Waals surface area contributed by atoms with Crippen molar-refractivity contribution in [2.45, 2.75) is 33.3 Å². The maximum Gasteiger partial charge on any atom is 0.269 e. The fourth-order valence-corrected chi connectivity index (χ4v) is 1.54. The monoisotopic (exact) mass is 237 g/mol. The number of ketones is 1. The quantitative estimate of drug-likeness (QED) is 0.583. The van der Waals surface area contributed by atoms with Gasteiger partial charge in [0.25, 0.3) is 5.69 Å². The van der Waals surface area contributed by atoms with Crippen molar-refractivity contribution < 1.29 is 14.5 Å². The van der Waals surface area contributed by atoms with Crippen LogP contribution in [0.25, 0.3) is 0 Å². The Hall–Kier alpha value is -1.91. The lowest BCUT2D eigenvalue weighted by Crippen LogP contribution is -2.15. The maximum absolute atomic E-state index is 10.9. The Kier molecular flexibility index (Phi) is 4.20.